The van der Waals surface area contributed by atoms with Crippen molar-refractivity contribution in [3.63, 3.8) is 0 Å². The number of carbonyl (C=O) groups is 1. The Bertz CT molecular complexity index is 851. The van der Waals surface area contributed by atoms with Crippen LogP contribution >= 0.6 is 0 Å². The summed E-state index contributed by atoms with van der Waals surface area (Å²) in [6.07, 6.45) is 5.29. The Labute approximate surface area is 162 Å². The van der Waals surface area contributed by atoms with Gasteiger partial charge in [0.25, 0.3) is 0 Å². The number of hydrogen-bond acceptors (Lipinski definition) is 9. The van der Waals surface area contributed by atoms with Crippen LogP contribution in [0, 0.1) is 0 Å². The van der Waals surface area contributed by atoms with Crippen molar-refractivity contribution in [2.75, 3.05) is 54.9 Å². The van der Waals surface area contributed by atoms with Gasteiger partial charge in [0.05, 0.1) is 18.9 Å². The first kappa shape index (κ1) is 18.4. The van der Waals surface area contributed by atoms with Gasteiger partial charge < -0.3 is 26.0 Å². The van der Waals surface area contributed by atoms with E-state index in [9.17, 15) is 4.79 Å². The molecule has 148 valence electrons. The fourth-order valence-electron chi connectivity index (χ4n) is 3.57. The van der Waals surface area contributed by atoms with Crippen LogP contribution < -0.4 is 21.3 Å². The minimum atomic E-state index is -0.282. The molecule has 0 radical (unpaired) electrons. The molecule has 0 spiro atoms. The van der Waals surface area contributed by atoms with Gasteiger partial charge >= 0.3 is 0 Å². The predicted octanol–water partition coefficient (Wildman–Crippen LogP) is -0.0196. The number of rotatable bonds is 6. The molecule has 2 aliphatic heterocycles. The number of nitrogens with zero attached hydrogens (tertiary/aromatic N) is 6. The van der Waals surface area contributed by atoms with Crippen molar-refractivity contribution in [2.24, 2.45) is 5.73 Å². The Morgan fingerprint density at radius 1 is 1.14 bits per heavy atom. The molecule has 1 amide bonds. The van der Waals surface area contributed by atoms with Crippen molar-refractivity contribution in [1.29, 1.82) is 0 Å². The number of carbonyl (C=O) groups excluding carboxylic acids is 1. The van der Waals surface area contributed by atoms with E-state index in [2.05, 4.69) is 19.8 Å². The predicted molar refractivity (Wildman–Crippen MR) is 105 cm³/mol. The van der Waals surface area contributed by atoms with E-state index in [-0.39, 0.29) is 11.9 Å². The van der Waals surface area contributed by atoms with Crippen LogP contribution in [0.1, 0.15) is 18.4 Å². The second-order valence-corrected chi connectivity index (χ2v) is 6.91. The van der Waals surface area contributed by atoms with Crippen LogP contribution in [0.2, 0.25) is 0 Å². The molecular formula is C18H24N8O2. The highest BCUT2D eigenvalue weighted by Gasteiger charge is 2.28. The summed E-state index contributed by atoms with van der Waals surface area (Å²) in [5.41, 5.74) is 13.7. The highest BCUT2D eigenvalue weighted by atomic mass is 16.5. The maximum absolute atomic E-state index is 11.1. The molecule has 0 aliphatic carbocycles. The molecule has 28 heavy (non-hydrogen) atoms. The van der Waals surface area contributed by atoms with Gasteiger partial charge in [0.1, 0.15) is 5.82 Å². The topological polar surface area (TPSA) is 136 Å². The number of amides is 1. The van der Waals surface area contributed by atoms with Gasteiger partial charge in [-0.1, -0.05) is 0 Å². The molecule has 0 atom stereocenters. The third-order valence-corrected chi connectivity index (χ3v) is 5.00. The van der Waals surface area contributed by atoms with Gasteiger partial charge in [0, 0.05) is 56.1 Å². The van der Waals surface area contributed by atoms with E-state index in [1.54, 1.807) is 12.4 Å². The second-order valence-electron chi connectivity index (χ2n) is 6.91. The molecule has 2 aromatic rings. The number of nitrogens with two attached hydrogens (primary N) is 2. The Balaban J connectivity index is 1.70. The first-order chi connectivity index (χ1) is 13.6. The van der Waals surface area contributed by atoms with Crippen LogP contribution in [0.4, 0.5) is 17.7 Å². The Kier molecular flexibility index (Phi) is 5.20. The van der Waals surface area contributed by atoms with Crippen LogP contribution in [0.25, 0.3) is 11.3 Å². The van der Waals surface area contributed by atoms with E-state index < -0.39 is 0 Å². The number of anilines is 3. The van der Waals surface area contributed by atoms with Crippen molar-refractivity contribution in [2.45, 2.75) is 19.3 Å². The lowest BCUT2D eigenvalue weighted by molar-refractivity contribution is -0.118. The second kappa shape index (κ2) is 7.93. The summed E-state index contributed by atoms with van der Waals surface area (Å²) >= 11 is 0. The van der Waals surface area contributed by atoms with Gasteiger partial charge in [-0.2, -0.15) is 4.98 Å². The molecule has 2 aromatic heterocycles. The molecule has 0 unspecified atom stereocenters. The summed E-state index contributed by atoms with van der Waals surface area (Å²) in [7, 11) is 0. The van der Waals surface area contributed by atoms with Gasteiger partial charge in [-0.05, 0) is 12.8 Å². The Morgan fingerprint density at radius 3 is 2.61 bits per heavy atom. The molecule has 2 aliphatic rings. The summed E-state index contributed by atoms with van der Waals surface area (Å²) in [4.78, 5) is 33.4. The van der Waals surface area contributed by atoms with Crippen LogP contribution in [0.15, 0.2) is 12.4 Å². The largest absolute Gasteiger partial charge is 0.378 e. The number of aromatic nitrogens is 4. The number of fused-ring (bicyclic) bond motifs is 1. The first-order valence-electron chi connectivity index (χ1n) is 9.46. The number of ether oxygens (including phenoxy) is 1. The van der Waals surface area contributed by atoms with Gasteiger partial charge in [-0.25, -0.2) is 15.0 Å². The molecule has 1 fully saturated rings. The fourth-order valence-corrected chi connectivity index (χ4v) is 3.57. The summed E-state index contributed by atoms with van der Waals surface area (Å²) in [5, 5.41) is 0. The van der Waals surface area contributed by atoms with Crippen LogP contribution in [-0.2, 0) is 16.0 Å². The van der Waals surface area contributed by atoms with Crippen LogP contribution in [0.3, 0.4) is 0 Å². The fraction of sp³-hybridized carbons (Fsp3) is 0.500. The molecule has 4 N–H and O–H groups in total. The van der Waals surface area contributed by atoms with Crippen LogP contribution in [0.5, 0.6) is 0 Å². The van der Waals surface area contributed by atoms with Crippen LogP contribution in [-0.4, -0.2) is 65.2 Å². The van der Waals surface area contributed by atoms with E-state index in [0.717, 1.165) is 55.2 Å². The molecule has 0 aromatic carbocycles. The molecule has 0 bridgehead atoms. The van der Waals surface area contributed by atoms with Gasteiger partial charge in [0.2, 0.25) is 17.8 Å². The maximum atomic E-state index is 11.1. The molecule has 0 saturated carbocycles. The van der Waals surface area contributed by atoms with Gasteiger partial charge in [-0.15, -0.1) is 0 Å². The first-order valence-corrected chi connectivity index (χ1v) is 9.46. The number of nitrogen functional groups attached to an aromatic ring is 1. The zero-order chi connectivity index (χ0) is 19.5. The molecular weight excluding hydrogens is 360 g/mol. The standard InChI is InChI=1S/C18H24N8O2/c19-14(27)2-1-4-25-5-3-13-15(12-10-21-17(20)22-11-12)23-18(24-16(13)25)26-6-8-28-9-7-26/h10-11H,1-9H2,(H2,19,27)(H2,20,21,22). The third kappa shape index (κ3) is 3.81. The number of morpholine rings is 1. The Morgan fingerprint density at radius 2 is 1.89 bits per heavy atom. The molecule has 10 heteroatoms. The minimum absolute atomic E-state index is 0.232. The average Bonchev–Trinajstić information content (AvgIpc) is 3.11. The molecule has 4 rings (SSSR count). The zero-order valence-electron chi connectivity index (χ0n) is 15.7. The van der Waals surface area contributed by atoms with Crippen molar-refractivity contribution in [3.8, 4) is 11.3 Å². The van der Waals surface area contributed by atoms with Crippen molar-refractivity contribution in [3.05, 3.63) is 18.0 Å². The van der Waals surface area contributed by atoms with Crippen molar-refractivity contribution < 1.29 is 9.53 Å². The van der Waals surface area contributed by atoms with Gasteiger partial charge in [-0.3, -0.25) is 4.79 Å². The number of hydrogen-bond donors (Lipinski definition) is 2. The zero-order valence-corrected chi connectivity index (χ0v) is 15.7. The summed E-state index contributed by atoms with van der Waals surface area (Å²) < 4.78 is 5.45. The van der Waals surface area contributed by atoms with E-state index >= 15 is 0 Å². The molecule has 1 saturated heterocycles. The van der Waals surface area contributed by atoms with E-state index in [1.165, 1.54) is 0 Å². The summed E-state index contributed by atoms with van der Waals surface area (Å²) in [5.74, 6) is 1.54. The number of primary amides is 1. The van der Waals surface area contributed by atoms with Gasteiger partial charge in [0.15, 0.2) is 0 Å². The summed E-state index contributed by atoms with van der Waals surface area (Å²) in [6, 6.07) is 0. The maximum Gasteiger partial charge on any atom is 0.228 e. The lowest BCUT2D eigenvalue weighted by Gasteiger charge is -2.28. The minimum Gasteiger partial charge on any atom is -0.378 e. The van der Waals surface area contributed by atoms with E-state index in [1.807, 2.05) is 0 Å². The Hall–Kier alpha value is -3.01. The SMILES string of the molecule is NC(=O)CCCN1CCc2c(-c3cnc(N)nc3)nc(N3CCOCC3)nc21. The van der Waals surface area contributed by atoms with Crippen molar-refractivity contribution in [1.82, 2.24) is 19.9 Å². The van der Waals surface area contributed by atoms with E-state index in [4.69, 9.17) is 26.2 Å². The quantitative estimate of drug-likeness (QED) is 0.704. The highest BCUT2D eigenvalue weighted by molar-refractivity contribution is 5.74. The third-order valence-electron chi connectivity index (χ3n) is 5.00. The highest BCUT2D eigenvalue weighted by Crippen LogP contribution is 2.35. The van der Waals surface area contributed by atoms with Crippen molar-refractivity contribution >= 4 is 23.6 Å². The lowest BCUT2D eigenvalue weighted by atomic mass is 10.1. The molecule has 10 nitrogen and oxygen atoms in total. The summed E-state index contributed by atoms with van der Waals surface area (Å²) in [6.45, 7) is 4.37. The van der Waals surface area contributed by atoms with E-state index in [0.29, 0.717) is 32.0 Å². The molecule has 4 heterocycles. The normalized spacial score (nSPS) is 16.3. The average molecular weight is 384 g/mol. The monoisotopic (exact) mass is 384 g/mol. The lowest BCUT2D eigenvalue weighted by Crippen LogP contribution is -2.37. The smallest absolute Gasteiger partial charge is 0.228 e.